The number of benzene rings is 1. The van der Waals surface area contributed by atoms with Crippen molar-refractivity contribution in [2.75, 3.05) is 12.0 Å². The van der Waals surface area contributed by atoms with Gasteiger partial charge in [0.05, 0.1) is 10.5 Å². The summed E-state index contributed by atoms with van der Waals surface area (Å²) in [5.74, 6) is -0.271. The zero-order chi connectivity index (χ0) is 15.3. The van der Waals surface area contributed by atoms with Gasteiger partial charge in [0.1, 0.15) is 0 Å². The Morgan fingerprint density at radius 1 is 1.45 bits per heavy atom. The predicted octanol–water partition coefficient (Wildman–Crippen LogP) is 2.11. The van der Waals surface area contributed by atoms with Crippen LogP contribution < -0.4 is 4.72 Å². The number of sulfonamides is 1. The number of hydrogen-bond acceptors (Lipinski definition) is 4. The number of aromatic carboxylic acids is 1. The van der Waals surface area contributed by atoms with Gasteiger partial charge in [-0.1, -0.05) is 6.07 Å². The fourth-order valence-corrected chi connectivity index (χ4v) is 3.95. The van der Waals surface area contributed by atoms with Crippen LogP contribution in [0.1, 0.15) is 29.3 Å². The van der Waals surface area contributed by atoms with E-state index in [0.29, 0.717) is 0 Å². The number of thioether (sulfide) groups is 1. The van der Waals surface area contributed by atoms with Crippen LogP contribution in [0.2, 0.25) is 0 Å². The maximum atomic E-state index is 12.3. The van der Waals surface area contributed by atoms with Crippen molar-refractivity contribution >= 4 is 27.8 Å². The highest BCUT2D eigenvalue weighted by Gasteiger charge is 2.22. The van der Waals surface area contributed by atoms with Gasteiger partial charge in [-0.3, -0.25) is 0 Å². The Balaban J connectivity index is 3.04. The van der Waals surface area contributed by atoms with E-state index in [-0.39, 0.29) is 22.1 Å². The monoisotopic (exact) mass is 317 g/mol. The van der Waals surface area contributed by atoms with Crippen LogP contribution in [-0.2, 0) is 10.0 Å². The summed E-state index contributed by atoms with van der Waals surface area (Å²) >= 11 is 1.65. The lowest BCUT2D eigenvalue weighted by molar-refractivity contribution is 0.0696. The highest BCUT2D eigenvalue weighted by atomic mass is 32.2. The molecule has 1 aromatic rings. The number of nitrogens with one attached hydrogen (secondary N) is 1. The first-order chi connectivity index (χ1) is 9.29. The summed E-state index contributed by atoms with van der Waals surface area (Å²) in [7, 11) is -3.70. The van der Waals surface area contributed by atoms with Crippen LogP contribution in [0.5, 0.6) is 0 Å². The molecule has 112 valence electrons. The number of hydrogen-bond donors (Lipinski definition) is 2. The average molecular weight is 317 g/mol. The highest BCUT2D eigenvalue weighted by molar-refractivity contribution is 7.98. The van der Waals surface area contributed by atoms with Crippen LogP contribution in [0.25, 0.3) is 0 Å². The molecular weight excluding hydrogens is 298 g/mol. The van der Waals surface area contributed by atoms with Gasteiger partial charge in [-0.2, -0.15) is 11.8 Å². The van der Waals surface area contributed by atoms with Crippen LogP contribution in [0.4, 0.5) is 0 Å². The zero-order valence-corrected chi connectivity index (χ0v) is 13.3. The van der Waals surface area contributed by atoms with Gasteiger partial charge in [-0.15, -0.1) is 0 Å². The lowest BCUT2D eigenvalue weighted by Crippen LogP contribution is -2.33. The first-order valence-electron chi connectivity index (χ1n) is 6.13. The number of carbonyl (C=O) groups is 1. The summed E-state index contributed by atoms with van der Waals surface area (Å²) < 4.78 is 27.2. The average Bonchev–Trinajstić information content (AvgIpc) is 2.35. The third-order valence-electron chi connectivity index (χ3n) is 2.92. The van der Waals surface area contributed by atoms with E-state index in [1.54, 1.807) is 18.7 Å². The molecule has 0 aliphatic heterocycles. The molecule has 0 saturated heterocycles. The van der Waals surface area contributed by atoms with Crippen LogP contribution in [0.15, 0.2) is 23.1 Å². The fraction of sp³-hybridized carbons (Fsp3) is 0.462. The van der Waals surface area contributed by atoms with Crippen LogP contribution in [0, 0.1) is 6.92 Å². The van der Waals surface area contributed by atoms with Gasteiger partial charge < -0.3 is 5.11 Å². The molecule has 2 N–H and O–H groups in total. The Morgan fingerprint density at radius 2 is 2.10 bits per heavy atom. The summed E-state index contributed by atoms with van der Waals surface area (Å²) in [6.45, 7) is 3.30. The molecule has 0 bridgehead atoms. The molecule has 0 radical (unpaired) electrons. The van der Waals surface area contributed by atoms with Crippen molar-refractivity contribution in [3.63, 3.8) is 0 Å². The van der Waals surface area contributed by atoms with Crippen molar-refractivity contribution in [2.24, 2.45) is 0 Å². The topological polar surface area (TPSA) is 83.5 Å². The van der Waals surface area contributed by atoms with Crippen LogP contribution in [0.3, 0.4) is 0 Å². The third kappa shape index (κ3) is 4.22. The van der Waals surface area contributed by atoms with Crippen molar-refractivity contribution in [3.05, 3.63) is 29.3 Å². The molecule has 0 heterocycles. The quantitative estimate of drug-likeness (QED) is 0.805. The molecular formula is C13H19NO4S2. The fourth-order valence-electron chi connectivity index (χ4n) is 1.82. The minimum Gasteiger partial charge on any atom is -0.478 e. The smallest absolute Gasteiger partial charge is 0.335 e. The molecule has 0 aliphatic carbocycles. The zero-order valence-electron chi connectivity index (χ0n) is 11.7. The molecule has 0 spiro atoms. The molecule has 0 saturated carbocycles. The van der Waals surface area contributed by atoms with Gasteiger partial charge in [-0.25, -0.2) is 17.9 Å². The molecule has 1 rings (SSSR count). The van der Waals surface area contributed by atoms with Crippen molar-refractivity contribution in [2.45, 2.75) is 31.2 Å². The lowest BCUT2D eigenvalue weighted by Gasteiger charge is -2.15. The molecule has 0 aromatic heterocycles. The van der Waals surface area contributed by atoms with Crippen LogP contribution >= 0.6 is 11.8 Å². The first-order valence-corrected chi connectivity index (χ1v) is 9.01. The largest absolute Gasteiger partial charge is 0.478 e. The second-order valence-electron chi connectivity index (χ2n) is 4.54. The summed E-state index contributed by atoms with van der Waals surface area (Å²) in [5.41, 5.74) is 0.259. The minimum atomic E-state index is -3.70. The van der Waals surface area contributed by atoms with E-state index in [4.69, 9.17) is 5.11 Å². The normalized spacial score (nSPS) is 13.2. The molecule has 1 aromatic carbocycles. The Hall–Kier alpha value is -1.05. The molecule has 5 nitrogen and oxygen atoms in total. The van der Waals surface area contributed by atoms with Gasteiger partial charge >= 0.3 is 5.97 Å². The van der Waals surface area contributed by atoms with E-state index in [0.717, 1.165) is 12.2 Å². The van der Waals surface area contributed by atoms with E-state index in [1.165, 1.54) is 25.1 Å². The summed E-state index contributed by atoms with van der Waals surface area (Å²) in [5, 5.41) is 9.04. The third-order valence-corrected chi connectivity index (χ3v) is 5.29. The second-order valence-corrected chi connectivity index (χ2v) is 7.21. The number of carboxylic acids is 1. The van der Waals surface area contributed by atoms with Gasteiger partial charge in [0.15, 0.2) is 0 Å². The van der Waals surface area contributed by atoms with E-state index < -0.39 is 16.0 Å². The Bertz CT molecular complexity index is 584. The van der Waals surface area contributed by atoms with Gasteiger partial charge in [0.25, 0.3) is 0 Å². The molecule has 0 amide bonds. The van der Waals surface area contributed by atoms with Crippen molar-refractivity contribution < 1.29 is 18.3 Å². The Labute approximate surface area is 123 Å². The molecule has 0 aliphatic rings. The van der Waals surface area contributed by atoms with Crippen molar-refractivity contribution in [1.82, 2.24) is 4.72 Å². The summed E-state index contributed by atoms with van der Waals surface area (Å²) in [6.07, 6.45) is 2.68. The van der Waals surface area contributed by atoms with E-state index in [9.17, 15) is 13.2 Å². The standard InChI is InChI=1S/C13H19NO4S2/c1-9(7-8-19-3)14-20(17,18)12-6-4-5-11(10(12)2)13(15)16/h4-6,9,14H,7-8H2,1-3H3,(H,15,16). The van der Waals surface area contributed by atoms with E-state index >= 15 is 0 Å². The number of carboxylic acid groups (broad SMARTS) is 1. The Morgan fingerprint density at radius 3 is 2.65 bits per heavy atom. The second kappa shape index (κ2) is 7.10. The summed E-state index contributed by atoms with van der Waals surface area (Å²) in [4.78, 5) is 11.1. The maximum absolute atomic E-state index is 12.3. The van der Waals surface area contributed by atoms with E-state index in [2.05, 4.69) is 4.72 Å². The van der Waals surface area contributed by atoms with Crippen LogP contribution in [-0.4, -0.2) is 37.5 Å². The molecule has 7 heteroatoms. The molecule has 0 fully saturated rings. The minimum absolute atomic E-state index is 0.00430. The van der Waals surface area contributed by atoms with E-state index in [1.807, 2.05) is 6.26 Å². The van der Waals surface area contributed by atoms with Crippen molar-refractivity contribution in [3.8, 4) is 0 Å². The predicted molar refractivity (Wildman–Crippen MR) is 80.9 cm³/mol. The SMILES string of the molecule is CSCCC(C)NS(=O)(=O)c1cccc(C(=O)O)c1C. The maximum Gasteiger partial charge on any atom is 0.335 e. The molecule has 1 unspecified atom stereocenters. The van der Waals surface area contributed by atoms with Crippen molar-refractivity contribution in [1.29, 1.82) is 0 Å². The number of rotatable bonds is 7. The Kier molecular flexibility index (Phi) is 6.04. The van der Waals surface area contributed by atoms with Gasteiger partial charge in [0.2, 0.25) is 10.0 Å². The lowest BCUT2D eigenvalue weighted by atomic mass is 10.1. The molecule has 20 heavy (non-hydrogen) atoms. The van der Waals surface area contributed by atoms with Gasteiger partial charge in [-0.05, 0) is 50.0 Å². The summed E-state index contributed by atoms with van der Waals surface area (Å²) in [6, 6.07) is 4.07. The van der Waals surface area contributed by atoms with Gasteiger partial charge in [0, 0.05) is 6.04 Å². The molecule has 1 atom stereocenters. The highest BCUT2D eigenvalue weighted by Crippen LogP contribution is 2.19. The first kappa shape index (κ1) is 17.0.